The van der Waals surface area contributed by atoms with Gasteiger partial charge in [-0.3, -0.25) is 9.69 Å². The minimum absolute atomic E-state index is 0. The number of hydrogen-bond donors (Lipinski definition) is 1. The van der Waals surface area contributed by atoms with E-state index >= 15 is 0 Å². The van der Waals surface area contributed by atoms with Crippen molar-refractivity contribution in [3.05, 3.63) is 35.9 Å². The van der Waals surface area contributed by atoms with Gasteiger partial charge in [-0.15, -0.1) is 0 Å². The van der Waals surface area contributed by atoms with Crippen LogP contribution < -0.4 is 17.7 Å². The first kappa shape index (κ1) is 16.9. The summed E-state index contributed by atoms with van der Waals surface area (Å²) >= 11 is 0. The Bertz CT molecular complexity index is 395. The number of carbonyl (C=O) groups is 1. The molecule has 4 N–H and O–H groups in total. The highest BCUT2D eigenvalue weighted by atomic mass is 35.5. The predicted octanol–water partition coefficient (Wildman–Crippen LogP) is -3.45. The number of halogens is 1. The molecule has 0 spiro atoms. The quantitative estimate of drug-likeness (QED) is 0.598. The highest BCUT2D eigenvalue weighted by Crippen LogP contribution is 2.13. The average Bonchev–Trinajstić information content (AvgIpc) is 2.44. The van der Waals surface area contributed by atoms with E-state index in [0.717, 1.165) is 6.42 Å². The molecule has 1 aromatic carbocycles. The van der Waals surface area contributed by atoms with Crippen LogP contribution in [0.15, 0.2) is 30.3 Å². The van der Waals surface area contributed by atoms with Crippen molar-refractivity contribution in [3.8, 4) is 0 Å². The van der Waals surface area contributed by atoms with Crippen molar-refractivity contribution in [2.45, 2.75) is 32.0 Å². The lowest BCUT2D eigenvalue weighted by atomic mass is 10.1. The van der Waals surface area contributed by atoms with Crippen molar-refractivity contribution in [1.29, 1.82) is 0 Å². The largest absolute Gasteiger partial charge is 1.00 e. The first-order valence-corrected chi connectivity index (χ1v) is 5.68. The zero-order chi connectivity index (χ0) is 11.8. The number of rotatable bonds is 2. The van der Waals surface area contributed by atoms with Crippen molar-refractivity contribution in [2.24, 2.45) is 0 Å². The lowest BCUT2D eigenvalue weighted by Crippen LogP contribution is -3.00. The van der Waals surface area contributed by atoms with Crippen molar-refractivity contribution >= 4 is 5.91 Å². The molecule has 1 saturated heterocycles. The Morgan fingerprint density at radius 3 is 2.28 bits per heavy atom. The van der Waals surface area contributed by atoms with Gasteiger partial charge in [-0.05, 0) is 5.56 Å². The molecule has 0 aliphatic carbocycles. The minimum Gasteiger partial charge on any atom is -1.00 e. The summed E-state index contributed by atoms with van der Waals surface area (Å²) in [4.78, 5) is 13.9. The lowest BCUT2D eigenvalue weighted by molar-refractivity contribution is -0.737. The first-order chi connectivity index (χ1) is 7.50. The number of nitrogens with zero attached hydrogens (tertiary/aromatic N) is 1. The molecule has 0 bridgehead atoms. The van der Waals surface area contributed by atoms with E-state index in [-0.39, 0.29) is 35.5 Å². The standard InChI is InChI=1S/C13H18N2O.ClH.H2O/c1-13(2)14-11(12(16)15(13)3)9-10-7-5-4-6-8-10;;/h4-8,11,14H,9H2,1-3H3;1H;1H2/t11-;;/m0../s1. The number of quaternary nitrogens is 1. The predicted molar refractivity (Wildman–Crippen MR) is 66.3 cm³/mol. The Kier molecular flexibility index (Phi) is 5.80. The topological polar surface area (TPSA) is 68.4 Å². The third-order valence-corrected chi connectivity index (χ3v) is 3.42. The van der Waals surface area contributed by atoms with Gasteiger partial charge >= 0.3 is 0 Å². The van der Waals surface area contributed by atoms with Gasteiger partial charge in [0.25, 0.3) is 5.91 Å². The summed E-state index contributed by atoms with van der Waals surface area (Å²) in [6.07, 6.45) is 0.813. The van der Waals surface area contributed by atoms with Gasteiger partial charge in [-0.1, -0.05) is 30.3 Å². The molecule has 1 heterocycles. The smallest absolute Gasteiger partial charge is 0.285 e. The summed E-state index contributed by atoms with van der Waals surface area (Å²) < 4.78 is 0. The monoisotopic (exact) mass is 272 g/mol. The molecule has 4 nitrogen and oxygen atoms in total. The van der Waals surface area contributed by atoms with Gasteiger partial charge in [0.2, 0.25) is 0 Å². The second-order valence-corrected chi connectivity index (χ2v) is 5.01. The average molecular weight is 273 g/mol. The van der Waals surface area contributed by atoms with E-state index in [1.54, 1.807) is 0 Å². The zero-order valence-corrected chi connectivity index (χ0v) is 11.7. The maximum Gasteiger partial charge on any atom is 0.285 e. The normalized spacial score (nSPS) is 21.2. The third-order valence-electron chi connectivity index (χ3n) is 3.42. The van der Waals surface area contributed by atoms with Crippen molar-refractivity contribution in [1.82, 2.24) is 4.90 Å². The molecule has 1 aromatic rings. The minimum atomic E-state index is -0.115. The van der Waals surface area contributed by atoms with Crippen LogP contribution in [0.25, 0.3) is 0 Å². The van der Waals surface area contributed by atoms with Crippen LogP contribution in [-0.2, 0) is 11.2 Å². The van der Waals surface area contributed by atoms with Crippen LogP contribution in [0.5, 0.6) is 0 Å². The zero-order valence-electron chi connectivity index (χ0n) is 11.0. The molecule has 1 amide bonds. The Balaban J connectivity index is 0.00000144. The third kappa shape index (κ3) is 3.22. The number of benzene rings is 1. The summed E-state index contributed by atoms with van der Waals surface area (Å²) in [5.41, 5.74) is 1.11. The van der Waals surface area contributed by atoms with Gasteiger partial charge in [0.15, 0.2) is 11.7 Å². The van der Waals surface area contributed by atoms with Gasteiger partial charge in [-0.2, -0.15) is 0 Å². The second-order valence-electron chi connectivity index (χ2n) is 5.01. The van der Waals surface area contributed by atoms with Gasteiger partial charge in [-0.25, -0.2) is 0 Å². The van der Waals surface area contributed by atoms with Crippen LogP contribution in [0.1, 0.15) is 19.4 Å². The fraction of sp³-hybridized carbons (Fsp3) is 0.462. The number of amides is 1. The molecule has 5 heteroatoms. The lowest BCUT2D eigenvalue weighted by Gasteiger charge is -2.22. The van der Waals surface area contributed by atoms with Gasteiger partial charge in [0, 0.05) is 27.3 Å². The molecule has 1 fully saturated rings. The summed E-state index contributed by atoms with van der Waals surface area (Å²) in [6.45, 7) is 4.16. The van der Waals surface area contributed by atoms with Crippen LogP contribution >= 0.6 is 0 Å². The molecule has 0 radical (unpaired) electrons. The molecule has 0 aromatic heterocycles. The van der Waals surface area contributed by atoms with Crippen LogP contribution in [0, 0.1) is 0 Å². The van der Waals surface area contributed by atoms with Gasteiger partial charge < -0.3 is 23.2 Å². The molecule has 1 atom stereocenters. The SMILES string of the molecule is CN1C(=O)[C@H](Cc2ccccc2)[NH2+]C1(C)C.O.[Cl-]. The van der Waals surface area contributed by atoms with E-state index in [4.69, 9.17) is 0 Å². The highest BCUT2D eigenvalue weighted by Gasteiger charge is 2.46. The van der Waals surface area contributed by atoms with Crippen LogP contribution in [0.3, 0.4) is 0 Å². The fourth-order valence-corrected chi connectivity index (χ4v) is 2.22. The van der Waals surface area contributed by atoms with E-state index in [0.29, 0.717) is 0 Å². The highest BCUT2D eigenvalue weighted by molar-refractivity contribution is 5.82. The van der Waals surface area contributed by atoms with Crippen LogP contribution in [0.4, 0.5) is 0 Å². The number of hydrogen-bond acceptors (Lipinski definition) is 1. The molecule has 102 valence electrons. The molecular formula is C13H21ClN2O2. The van der Waals surface area contributed by atoms with Gasteiger partial charge in [0.05, 0.1) is 0 Å². The van der Waals surface area contributed by atoms with E-state index in [1.807, 2.05) is 30.1 Å². The van der Waals surface area contributed by atoms with Crippen LogP contribution in [-0.4, -0.2) is 35.0 Å². The van der Waals surface area contributed by atoms with E-state index in [2.05, 4.69) is 31.3 Å². The fourth-order valence-electron chi connectivity index (χ4n) is 2.22. The van der Waals surface area contributed by atoms with E-state index in [9.17, 15) is 4.79 Å². The molecule has 0 unspecified atom stereocenters. The Morgan fingerprint density at radius 2 is 1.83 bits per heavy atom. The summed E-state index contributed by atoms with van der Waals surface area (Å²) in [5.74, 6) is 0.230. The molecular weight excluding hydrogens is 252 g/mol. The molecule has 2 rings (SSSR count). The van der Waals surface area contributed by atoms with Gasteiger partial charge in [0.1, 0.15) is 0 Å². The first-order valence-electron chi connectivity index (χ1n) is 5.68. The maximum absolute atomic E-state index is 12.0. The number of likely N-dealkylation sites (N-methyl/N-ethyl adjacent to an activating group) is 1. The summed E-state index contributed by atoms with van der Waals surface area (Å²) in [5, 5.41) is 2.16. The summed E-state index contributed by atoms with van der Waals surface area (Å²) in [6, 6.07) is 10.2. The van der Waals surface area contributed by atoms with Crippen molar-refractivity contribution < 1.29 is 28.0 Å². The van der Waals surface area contributed by atoms with Crippen molar-refractivity contribution in [2.75, 3.05) is 7.05 Å². The Morgan fingerprint density at radius 1 is 1.28 bits per heavy atom. The Hall–Kier alpha value is -1.10. The van der Waals surface area contributed by atoms with Crippen molar-refractivity contribution in [3.63, 3.8) is 0 Å². The molecule has 0 saturated carbocycles. The second kappa shape index (κ2) is 6.18. The maximum atomic E-state index is 12.0. The Labute approximate surface area is 114 Å². The van der Waals surface area contributed by atoms with E-state index < -0.39 is 0 Å². The molecule has 1 aliphatic rings. The molecule has 1 aliphatic heterocycles. The summed E-state index contributed by atoms with van der Waals surface area (Å²) in [7, 11) is 1.88. The van der Waals surface area contributed by atoms with E-state index in [1.165, 1.54) is 5.56 Å². The van der Waals surface area contributed by atoms with Crippen LogP contribution in [0.2, 0.25) is 0 Å². The number of carbonyl (C=O) groups excluding carboxylic acids is 1. The molecule has 18 heavy (non-hydrogen) atoms. The number of nitrogens with two attached hydrogens (primary N) is 1.